The van der Waals surface area contributed by atoms with E-state index >= 15 is 0 Å². The van der Waals surface area contributed by atoms with Gasteiger partial charge in [0.15, 0.2) is 11.6 Å². The first-order valence-electron chi connectivity index (χ1n) is 8.87. The van der Waals surface area contributed by atoms with Crippen molar-refractivity contribution < 1.29 is 18.3 Å². The number of ether oxygens (including phenoxy) is 1. The molecule has 0 saturated carbocycles. The summed E-state index contributed by atoms with van der Waals surface area (Å²) in [4.78, 5) is 14.3. The lowest BCUT2D eigenvalue weighted by atomic mass is 10.0. The number of carbonyl (C=O) groups is 1. The van der Waals surface area contributed by atoms with Crippen LogP contribution in [-0.2, 0) is 16.1 Å². The van der Waals surface area contributed by atoms with Crippen LogP contribution in [0.5, 0.6) is 0 Å². The zero-order chi connectivity index (χ0) is 17.6. The van der Waals surface area contributed by atoms with Gasteiger partial charge in [0.05, 0.1) is 13.2 Å². The Morgan fingerprint density at radius 1 is 1.28 bits per heavy atom. The van der Waals surface area contributed by atoms with Crippen LogP contribution in [0.2, 0.25) is 0 Å². The predicted molar refractivity (Wildman–Crippen MR) is 90.0 cm³/mol. The van der Waals surface area contributed by atoms with E-state index in [9.17, 15) is 13.6 Å². The van der Waals surface area contributed by atoms with Crippen LogP contribution >= 0.6 is 0 Å². The first-order valence-corrected chi connectivity index (χ1v) is 8.87. The van der Waals surface area contributed by atoms with E-state index in [2.05, 4.69) is 15.5 Å². The van der Waals surface area contributed by atoms with Crippen LogP contribution in [0.3, 0.4) is 0 Å². The zero-order valence-electron chi connectivity index (χ0n) is 14.3. The average molecular weight is 353 g/mol. The standard InChI is InChI=1S/C18H25F2N3O2/c19-16-2-1-13(9-17(16)20)11-23-6-3-14(4-7-23)22-18(24)10-15-12-25-8-5-21-15/h1-2,9,14-15,21H,3-8,10-12H2,(H,22,24). The van der Waals surface area contributed by atoms with E-state index in [1.807, 2.05) is 0 Å². The molecule has 2 aliphatic heterocycles. The Balaban J connectivity index is 1.39. The average Bonchev–Trinajstić information content (AvgIpc) is 2.61. The highest BCUT2D eigenvalue weighted by molar-refractivity contribution is 5.76. The summed E-state index contributed by atoms with van der Waals surface area (Å²) >= 11 is 0. The topological polar surface area (TPSA) is 53.6 Å². The van der Waals surface area contributed by atoms with Gasteiger partial charge in [-0.25, -0.2) is 8.78 Å². The van der Waals surface area contributed by atoms with Gasteiger partial charge >= 0.3 is 0 Å². The number of halogens is 2. The number of piperidine rings is 1. The first-order chi connectivity index (χ1) is 12.1. The quantitative estimate of drug-likeness (QED) is 0.841. The molecular formula is C18H25F2N3O2. The molecule has 0 aromatic heterocycles. The molecule has 1 atom stereocenters. The SMILES string of the molecule is O=C(CC1COCCN1)NC1CCN(Cc2ccc(F)c(F)c2)CC1. The molecule has 1 unspecified atom stereocenters. The summed E-state index contributed by atoms with van der Waals surface area (Å²) in [6, 6.07) is 4.31. The molecule has 1 aromatic carbocycles. The van der Waals surface area contributed by atoms with Gasteiger partial charge in [0.1, 0.15) is 0 Å². The molecular weight excluding hydrogens is 328 g/mol. The summed E-state index contributed by atoms with van der Waals surface area (Å²) in [7, 11) is 0. The summed E-state index contributed by atoms with van der Waals surface area (Å²) in [6.45, 7) is 4.33. The second-order valence-corrected chi connectivity index (χ2v) is 6.80. The summed E-state index contributed by atoms with van der Waals surface area (Å²) < 4.78 is 31.6. The molecule has 0 radical (unpaired) electrons. The molecule has 0 spiro atoms. The van der Waals surface area contributed by atoms with Gasteiger partial charge in [-0.3, -0.25) is 9.69 Å². The van der Waals surface area contributed by atoms with Gasteiger partial charge in [-0.05, 0) is 30.5 Å². The largest absolute Gasteiger partial charge is 0.378 e. The second kappa shape index (κ2) is 8.69. The molecule has 2 heterocycles. The Morgan fingerprint density at radius 3 is 2.76 bits per heavy atom. The molecule has 7 heteroatoms. The molecule has 1 aromatic rings. The van der Waals surface area contributed by atoms with Crippen LogP contribution in [-0.4, -0.2) is 55.7 Å². The first kappa shape index (κ1) is 18.2. The van der Waals surface area contributed by atoms with Gasteiger partial charge in [-0.15, -0.1) is 0 Å². The van der Waals surface area contributed by atoms with E-state index in [-0.39, 0.29) is 18.0 Å². The third-order valence-corrected chi connectivity index (χ3v) is 4.77. The van der Waals surface area contributed by atoms with Crippen molar-refractivity contribution in [1.82, 2.24) is 15.5 Å². The van der Waals surface area contributed by atoms with E-state index < -0.39 is 11.6 Å². The number of amides is 1. The summed E-state index contributed by atoms with van der Waals surface area (Å²) in [5.41, 5.74) is 0.768. The number of morpholine rings is 1. The fourth-order valence-electron chi connectivity index (χ4n) is 3.39. The molecule has 0 bridgehead atoms. The number of carbonyl (C=O) groups excluding carboxylic acids is 1. The number of nitrogens with one attached hydrogen (secondary N) is 2. The number of hydrogen-bond acceptors (Lipinski definition) is 4. The van der Waals surface area contributed by atoms with Gasteiger partial charge < -0.3 is 15.4 Å². The molecule has 2 saturated heterocycles. The zero-order valence-corrected chi connectivity index (χ0v) is 14.3. The van der Waals surface area contributed by atoms with Crippen LogP contribution in [0.15, 0.2) is 18.2 Å². The third kappa shape index (κ3) is 5.45. The Bertz CT molecular complexity index is 586. The maximum absolute atomic E-state index is 13.3. The number of rotatable bonds is 5. The lowest BCUT2D eigenvalue weighted by molar-refractivity contribution is -0.123. The maximum Gasteiger partial charge on any atom is 0.221 e. The minimum Gasteiger partial charge on any atom is -0.378 e. The van der Waals surface area contributed by atoms with Crippen molar-refractivity contribution in [2.45, 2.75) is 37.9 Å². The second-order valence-electron chi connectivity index (χ2n) is 6.80. The predicted octanol–water partition coefficient (Wildman–Crippen LogP) is 1.42. The van der Waals surface area contributed by atoms with Crippen LogP contribution in [0.4, 0.5) is 8.78 Å². The highest BCUT2D eigenvalue weighted by Gasteiger charge is 2.23. The number of nitrogens with zero attached hydrogens (tertiary/aromatic N) is 1. The monoisotopic (exact) mass is 353 g/mol. The Labute approximate surface area is 146 Å². The molecule has 2 aliphatic rings. The van der Waals surface area contributed by atoms with Gasteiger partial charge in [-0.1, -0.05) is 6.07 Å². The van der Waals surface area contributed by atoms with Crippen molar-refractivity contribution in [2.75, 3.05) is 32.8 Å². The van der Waals surface area contributed by atoms with Crippen LogP contribution < -0.4 is 10.6 Å². The van der Waals surface area contributed by atoms with Gasteiger partial charge in [-0.2, -0.15) is 0 Å². The number of hydrogen-bond donors (Lipinski definition) is 2. The highest BCUT2D eigenvalue weighted by atomic mass is 19.2. The van der Waals surface area contributed by atoms with E-state index in [1.165, 1.54) is 12.1 Å². The van der Waals surface area contributed by atoms with Crippen LogP contribution in [0, 0.1) is 11.6 Å². The normalized spacial score (nSPS) is 22.7. The number of likely N-dealkylation sites (tertiary alicyclic amines) is 1. The molecule has 138 valence electrons. The van der Waals surface area contributed by atoms with Crippen LogP contribution in [0.25, 0.3) is 0 Å². The van der Waals surface area contributed by atoms with Gasteiger partial charge in [0.2, 0.25) is 5.91 Å². The molecule has 25 heavy (non-hydrogen) atoms. The Hall–Kier alpha value is -1.57. The van der Waals surface area contributed by atoms with E-state index in [0.29, 0.717) is 26.2 Å². The molecule has 5 nitrogen and oxygen atoms in total. The smallest absolute Gasteiger partial charge is 0.221 e. The fraction of sp³-hybridized carbons (Fsp3) is 0.611. The fourth-order valence-corrected chi connectivity index (χ4v) is 3.39. The van der Waals surface area contributed by atoms with Crippen LogP contribution in [0.1, 0.15) is 24.8 Å². The molecule has 2 fully saturated rings. The summed E-state index contributed by atoms with van der Waals surface area (Å²) in [6.07, 6.45) is 2.17. The molecule has 3 rings (SSSR count). The highest BCUT2D eigenvalue weighted by Crippen LogP contribution is 2.16. The van der Waals surface area contributed by atoms with E-state index in [0.717, 1.165) is 38.0 Å². The van der Waals surface area contributed by atoms with Crippen molar-refractivity contribution in [2.24, 2.45) is 0 Å². The van der Waals surface area contributed by atoms with Crippen molar-refractivity contribution in [3.8, 4) is 0 Å². The van der Waals surface area contributed by atoms with E-state index in [1.54, 1.807) is 6.07 Å². The third-order valence-electron chi connectivity index (χ3n) is 4.77. The van der Waals surface area contributed by atoms with Crippen molar-refractivity contribution >= 4 is 5.91 Å². The van der Waals surface area contributed by atoms with Gasteiger partial charge in [0, 0.05) is 44.7 Å². The Kier molecular flexibility index (Phi) is 6.34. The minimum absolute atomic E-state index is 0.0575. The lowest BCUT2D eigenvalue weighted by Crippen LogP contribution is -2.48. The molecule has 1 amide bonds. The minimum atomic E-state index is -0.817. The van der Waals surface area contributed by atoms with Crippen molar-refractivity contribution in [1.29, 1.82) is 0 Å². The van der Waals surface area contributed by atoms with Gasteiger partial charge in [0.25, 0.3) is 0 Å². The maximum atomic E-state index is 13.3. The summed E-state index contributed by atoms with van der Waals surface area (Å²) in [5.74, 6) is -1.56. The number of benzene rings is 1. The molecule has 0 aliphatic carbocycles. The summed E-state index contributed by atoms with van der Waals surface area (Å²) in [5, 5.41) is 6.38. The van der Waals surface area contributed by atoms with Crippen molar-refractivity contribution in [3.63, 3.8) is 0 Å². The molecule has 2 N–H and O–H groups in total. The Morgan fingerprint density at radius 2 is 2.08 bits per heavy atom. The van der Waals surface area contributed by atoms with E-state index in [4.69, 9.17) is 4.74 Å². The lowest BCUT2D eigenvalue weighted by Gasteiger charge is -2.33. The van der Waals surface area contributed by atoms with Crippen molar-refractivity contribution in [3.05, 3.63) is 35.4 Å².